The van der Waals surface area contributed by atoms with Crippen LogP contribution in [0.1, 0.15) is 24.0 Å². The predicted octanol–water partition coefficient (Wildman–Crippen LogP) is 4.72. The molecule has 4 nitrogen and oxygen atoms in total. The second-order valence-corrected chi connectivity index (χ2v) is 7.91. The van der Waals surface area contributed by atoms with E-state index in [1.165, 1.54) is 0 Å². The van der Waals surface area contributed by atoms with Crippen LogP contribution in [0.15, 0.2) is 85.7 Å². The third-order valence-corrected chi connectivity index (χ3v) is 6.18. The molecule has 148 valence electrons. The topological polar surface area (TPSA) is 45.5 Å². The number of halogens is 1. The number of carbonyl (C=O) groups excluding carboxylic acids is 1. The Balaban J connectivity index is 1.82. The van der Waals surface area contributed by atoms with Crippen LogP contribution in [0.4, 0.5) is 5.69 Å². The van der Waals surface area contributed by atoms with Crippen molar-refractivity contribution < 1.29 is 9.90 Å². The number of amides is 1. The van der Waals surface area contributed by atoms with Gasteiger partial charge in [-0.25, -0.2) is 0 Å². The van der Waals surface area contributed by atoms with Crippen LogP contribution in [0.25, 0.3) is 0 Å². The molecule has 1 aliphatic rings. The molecule has 4 rings (SSSR count). The lowest BCUT2D eigenvalue weighted by molar-refractivity contribution is -0.124. The van der Waals surface area contributed by atoms with Crippen LogP contribution in [0, 0.1) is 0 Å². The van der Waals surface area contributed by atoms with Gasteiger partial charge >= 0.3 is 0 Å². The molecule has 0 radical (unpaired) electrons. The van der Waals surface area contributed by atoms with E-state index in [1.54, 1.807) is 24.1 Å². The van der Waals surface area contributed by atoms with Crippen molar-refractivity contribution in [3.05, 3.63) is 102 Å². The molecule has 0 fully saturated rings. The van der Waals surface area contributed by atoms with Crippen LogP contribution in [0.2, 0.25) is 5.02 Å². The molecule has 2 atom stereocenters. The molecule has 0 aliphatic carbocycles. The first kappa shape index (κ1) is 19.5. The van der Waals surface area contributed by atoms with Gasteiger partial charge < -0.3 is 14.6 Å². The van der Waals surface area contributed by atoms with E-state index in [0.717, 1.165) is 16.8 Å². The zero-order chi connectivity index (χ0) is 20.6. The van der Waals surface area contributed by atoms with Crippen molar-refractivity contribution in [3.8, 4) is 0 Å². The van der Waals surface area contributed by atoms with Crippen LogP contribution >= 0.6 is 11.6 Å². The van der Waals surface area contributed by atoms with Crippen LogP contribution in [-0.4, -0.2) is 22.6 Å². The number of hydrogen-bond acceptors (Lipinski definition) is 2. The first-order valence-electron chi connectivity index (χ1n) is 9.55. The number of rotatable bonds is 6. The van der Waals surface area contributed by atoms with Crippen molar-refractivity contribution in [1.29, 1.82) is 0 Å². The number of likely N-dealkylation sites (N-methyl/N-ethyl adjacent to an activating group) is 1. The van der Waals surface area contributed by atoms with E-state index in [1.807, 2.05) is 71.6 Å². The Morgan fingerprint density at radius 1 is 1.14 bits per heavy atom. The summed E-state index contributed by atoms with van der Waals surface area (Å²) in [5, 5.41) is 11.9. The van der Waals surface area contributed by atoms with Gasteiger partial charge in [-0.1, -0.05) is 54.6 Å². The van der Waals surface area contributed by atoms with E-state index in [9.17, 15) is 9.90 Å². The molecule has 1 aliphatic heterocycles. The number of nitrogens with zero attached hydrogens (tertiary/aromatic N) is 2. The molecular weight excluding hydrogens is 384 g/mol. The lowest BCUT2D eigenvalue weighted by atomic mass is 9.80. The first-order valence-corrected chi connectivity index (χ1v) is 9.93. The number of hydrogen-bond donors (Lipinski definition) is 1. The third-order valence-electron chi connectivity index (χ3n) is 5.95. The van der Waals surface area contributed by atoms with E-state index in [2.05, 4.69) is 6.58 Å². The monoisotopic (exact) mass is 406 g/mol. The van der Waals surface area contributed by atoms with E-state index >= 15 is 0 Å². The largest absolute Gasteiger partial charge is 0.381 e. The zero-order valence-electron chi connectivity index (χ0n) is 16.3. The highest BCUT2D eigenvalue weighted by Gasteiger charge is 2.51. The van der Waals surface area contributed by atoms with Gasteiger partial charge in [-0.2, -0.15) is 0 Å². The average molecular weight is 407 g/mol. The number of anilines is 1. The van der Waals surface area contributed by atoms with E-state index in [0.29, 0.717) is 17.9 Å². The third kappa shape index (κ3) is 3.00. The van der Waals surface area contributed by atoms with Crippen molar-refractivity contribution in [2.75, 3.05) is 11.9 Å². The SMILES string of the molecule is C=CC(O)(CC[C@]1(n2cccc2)C(=O)N(C)c2ccc(Cl)cc21)c1ccccc1. The Labute approximate surface area is 175 Å². The fraction of sp³-hybridized carbons (Fsp3) is 0.208. The highest BCUT2D eigenvalue weighted by molar-refractivity contribution is 6.31. The summed E-state index contributed by atoms with van der Waals surface area (Å²) >= 11 is 6.32. The van der Waals surface area contributed by atoms with Gasteiger partial charge in [0, 0.05) is 35.7 Å². The molecule has 5 heteroatoms. The molecule has 0 spiro atoms. The molecule has 1 unspecified atom stereocenters. The lowest BCUT2D eigenvalue weighted by Gasteiger charge is -2.34. The van der Waals surface area contributed by atoms with Gasteiger partial charge in [0.2, 0.25) is 0 Å². The van der Waals surface area contributed by atoms with Crippen molar-refractivity contribution in [2.24, 2.45) is 0 Å². The summed E-state index contributed by atoms with van der Waals surface area (Å²) in [5.41, 5.74) is 0.192. The summed E-state index contributed by atoms with van der Waals surface area (Å²) < 4.78 is 1.92. The maximum atomic E-state index is 13.6. The molecule has 1 aromatic heterocycles. The van der Waals surface area contributed by atoms with Gasteiger partial charge in [-0.15, -0.1) is 0 Å². The van der Waals surface area contributed by atoms with E-state index < -0.39 is 11.1 Å². The molecular formula is C24H23ClN2O2. The van der Waals surface area contributed by atoms with Crippen LogP contribution in [0.3, 0.4) is 0 Å². The summed E-state index contributed by atoms with van der Waals surface area (Å²) in [6.07, 6.45) is 6.03. The van der Waals surface area contributed by atoms with E-state index in [4.69, 9.17) is 11.6 Å². The Morgan fingerprint density at radius 2 is 1.83 bits per heavy atom. The van der Waals surface area contributed by atoms with Crippen LogP contribution in [-0.2, 0) is 15.9 Å². The smallest absolute Gasteiger partial charge is 0.257 e. The maximum absolute atomic E-state index is 13.6. The molecule has 0 saturated heterocycles. The second-order valence-electron chi connectivity index (χ2n) is 7.47. The fourth-order valence-electron chi connectivity index (χ4n) is 4.31. The van der Waals surface area contributed by atoms with Crippen molar-refractivity contribution in [3.63, 3.8) is 0 Å². The Bertz CT molecular complexity index is 1050. The molecule has 0 bridgehead atoms. The minimum absolute atomic E-state index is 0.0505. The summed E-state index contributed by atoms with van der Waals surface area (Å²) in [6.45, 7) is 3.86. The summed E-state index contributed by atoms with van der Waals surface area (Å²) in [5.74, 6) is -0.0505. The van der Waals surface area contributed by atoms with Gasteiger partial charge in [0.25, 0.3) is 5.91 Å². The van der Waals surface area contributed by atoms with Crippen LogP contribution < -0.4 is 4.90 Å². The van der Waals surface area contributed by atoms with Crippen molar-refractivity contribution in [2.45, 2.75) is 24.0 Å². The van der Waals surface area contributed by atoms with Gasteiger partial charge in [-0.3, -0.25) is 4.79 Å². The molecule has 2 aromatic carbocycles. The fourth-order valence-corrected chi connectivity index (χ4v) is 4.48. The van der Waals surface area contributed by atoms with Crippen molar-refractivity contribution >= 4 is 23.2 Å². The van der Waals surface area contributed by atoms with Gasteiger partial charge in [-0.05, 0) is 48.7 Å². The minimum atomic E-state index is -1.25. The summed E-state index contributed by atoms with van der Waals surface area (Å²) in [6, 6.07) is 18.7. The Hall–Kier alpha value is -2.82. The standard InChI is InChI=1S/C24H23ClN2O2/c1-3-23(29,18-9-5-4-6-10-18)13-14-24(27-15-7-8-16-27)20-17-19(25)11-12-21(20)26(2)22(24)28/h3-12,15-17,29H,1,13-14H2,2H3/t23?,24-/m1/s1. The van der Waals surface area contributed by atoms with Crippen LogP contribution in [0.5, 0.6) is 0 Å². The molecule has 2 heterocycles. The molecule has 29 heavy (non-hydrogen) atoms. The quantitative estimate of drug-likeness (QED) is 0.602. The summed E-state index contributed by atoms with van der Waals surface area (Å²) in [7, 11) is 1.78. The second kappa shape index (κ2) is 7.21. The Morgan fingerprint density at radius 3 is 2.48 bits per heavy atom. The van der Waals surface area contributed by atoms with Crippen molar-refractivity contribution in [1.82, 2.24) is 4.57 Å². The number of aromatic nitrogens is 1. The van der Waals surface area contributed by atoms with Gasteiger partial charge in [0.1, 0.15) is 5.60 Å². The highest BCUT2D eigenvalue weighted by Crippen LogP contribution is 2.47. The molecule has 0 saturated carbocycles. The number of fused-ring (bicyclic) bond motifs is 1. The predicted molar refractivity (Wildman–Crippen MR) is 116 cm³/mol. The zero-order valence-corrected chi connectivity index (χ0v) is 17.0. The normalized spacial score (nSPS) is 20.4. The van der Waals surface area contributed by atoms with Gasteiger partial charge in [0.05, 0.1) is 0 Å². The number of benzene rings is 2. The Kier molecular flexibility index (Phi) is 4.85. The highest BCUT2D eigenvalue weighted by atomic mass is 35.5. The minimum Gasteiger partial charge on any atom is -0.381 e. The molecule has 3 aromatic rings. The summed E-state index contributed by atoms with van der Waals surface area (Å²) in [4.78, 5) is 15.3. The number of aliphatic hydroxyl groups is 1. The average Bonchev–Trinajstić information content (AvgIpc) is 3.35. The first-order chi connectivity index (χ1) is 13.9. The molecule has 1 N–H and O–H groups in total. The lowest BCUT2D eigenvalue weighted by Crippen LogP contribution is -2.45. The maximum Gasteiger partial charge on any atom is 0.257 e. The number of carbonyl (C=O) groups is 1. The molecule has 1 amide bonds. The van der Waals surface area contributed by atoms with Gasteiger partial charge in [0.15, 0.2) is 5.54 Å². The van der Waals surface area contributed by atoms with E-state index in [-0.39, 0.29) is 5.91 Å².